The van der Waals surface area contributed by atoms with Crippen molar-refractivity contribution in [3.8, 4) is 11.5 Å². The number of azo groups is 2. The fraction of sp³-hybridized carbons (Fsp3) is 0.333. The van der Waals surface area contributed by atoms with Crippen molar-refractivity contribution in [2.24, 2.45) is 20.5 Å². The molecule has 2 aromatic carbocycles. The molecule has 42 heavy (non-hydrogen) atoms. The van der Waals surface area contributed by atoms with Crippen LogP contribution < -0.4 is 20.1 Å². The number of nitrogens with one attached hydrogen (secondary N) is 2. The van der Waals surface area contributed by atoms with Gasteiger partial charge in [0.15, 0.2) is 12.1 Å². The lowest BCUT2D eigenvalue weighted by Crippen LogP contribution is -2.45. The van der Waals surface area contributed by atoms with Gasteiger partial charge in [0, 0.05) is 11.1 Å². The largest absolute Gasteiger partial charge is 0.494 e. The molecule has 0 aromatic heterocycles. The summed E-state index contributed by atoms with van der Waals surface area (Å²) in [5.74, 6) is -1.32. The molecular weight excluding hydrogens is 540 g/mol. The Bertz CT molecular complexity index is 1470. The Hall–Kier alpha value is -5.00. The molecule has 2 N–H and O–H groups in total. The Balaban J connectivity index is 1.58. The number of carbonyl (C=O) groups excluding carboxylic acids is 4. The predicted octanol–water partition coefficient (Wildman–Crippen LogP) is 4.65. The minimum atomic E-state index is -1.04. The zero-order valence-electron chi connectivity index (χ0n) is 24.3. The molecule has 2 heterocycles. The number of ether oxygens (including phenoxy) is 2. The lowest BCUT2D eigenvalue weighted by atomic mass is 9.89. The van der Waals surface area contributed by atoms with Crippen LogP contribution in [0.15, 0.2) is 79.1 Å². The highest BCUT2D eigenvalue weighted by molar-refractivity contribution is 6.12. The van der Waals surface area contributed by atoms with Gasteiger partial charge in [-0.25, -0.2) is 0 Å². The van der Waals surface area contributed by atoms with Crippen LogP contribution in [0, 0.1) is 13.8 Å². The average molecular weight is 573 g/mol. The standard InChI is InChI=1S/C30H32N6O6/c1-15-7-11-21(23(13-15)41-5)33-35-25-17(3)19(27(37)31-29(25)39)9-10-20-18(4)26(30(40)32-28(20)38)36-34-22-12-8-16(2)14-24(22)42-6/h7-8,11-14,25-26H,9-10H2,1-6H3,(H,31,37,39)(H,32,38,40). The smallest absolute Gasteiger partial charge is 0.257 e. The second kappa shape index (κ2) is 12.7. The van der Waals surface area contributed by atoms with Gasteiger partial charge in [-0.15, -0.1) is 0 Å². The Morgan fingerprint density at radius 2 is 1.02 bits per heavy atom. The third kappa shape index (κ3) is 6.32. The molecular formula is C30H32N6O6. The van der Waals surface area contributed by atoms with Crippen LogP contribution in [0.2, 0.25) is 0 Å². The van der Waals surface area contributed by atoms with Gasteiger partial charge in [-0.1, -0.05) is 12.1 Å². The molecule has 4 amide bonds. The fourth-order valence-corrected chi connectivity index (χ4v) is 4.72. The minimum Gasteiger partial charge on any atom is -0.494 e. The van der Waals surface area contributed by atoms with Crippen LogP contribution >= 0.6 is 0 Å². The summed E-state index contributed by atoms with van der Waals surface area (Å²) in [5.41, 5.74) is 4.29. The van der Waals surface area contributed by atoms with Gasteiger partial charge in [-0.3, -0.25) is 29.8 Å². The monoisotopic (exact) mass is 572 g/mol. The molecule has 0 fully saturated rings. The van der Waals surface area contributed by atoms with Crippen LogP contribution in [0.3, 0.4) is 0 Å². The number of hydrogen-bond acceptors (Lipinski definition) is 10. The highest BCUT2D eigenvalue weighted by Gasteiger charge is 2.35. The first-order valence-electron chi connectivity index (χ1n) is 13.2. The van der Waals surface area contributed by atoms with E-state index >= 15 is 0 Å². The van der Waals surface area contributed by atoms with Crippen molar-refractivity contribution in [3.63, 3.8) is 0 Å². The molecule has 2 aliphatic heterocycles. The fourth-order valence-electron chi connectivity index (χ4n) is 4.72. The van der Waals surface area contributed by atoms with Gasteiger partial charge in [-0.05, 0) is 87.1 Å². The average Bonchev–Trinajstić information content (AvgIpc) is 2.95. The quantitative estimate of drug-likeness (QED) is 0.328. The molecule has 0 spiro atoms. The summed E-state index contributed by atoms with van der Waals surface area (Å²) in [7, 11) is 3.03. The molecule has 4 rings (SSSR count). The zero-order chi connectivity index (χ0) is 30.6. The number of imide groups is 2. The van der Waals surface area contributed by atoms with Crippen molar-refractivity contribution in [2.75, 3.05) is 14.2 Å². The Morgan fingerprint density at radius 1 is 0.643 bits per heavy atom. The van der Waals surface area contributed by atoms with Crippen molar-refractivity contribution in [1.82, 2.24) is 10.6 Å². The summed E-state index contributed by atoms with van der Waals surface area (Å²) in [6, 6.07) is 8.67. The third-order valence-corrected chi connectivity index (χ3v) is 7.15. The molecule has 12 nitrogen and oxygen atoms in total. The number of aryl methyl sites for hydroxylation is 2. The van der Waals surface area contributed by atoms with Crippen LogP contribution in [0.5, 0.6) is 11.5 Å². The molecule has 0 bridgehead atoms. The number of amides is 4. The maximum absolute atomic E-state index is 12.8. The van der Waals surface area contributed by atoms with Crippen LogP contribution in [-0.4, -0.2) is 49.9 Å². The topological polar surface area (TPSA) is 160 Å². The molecule has 0 saturated carbocycles. The van der Waals surface area contributed by atoms with E-state index in [0.29, 0.717) is 45.2 Å². The highest BCUT2D eigenvalue weighted by Crippen LogP contribution is 2.32. The van der Waals surface area contributed by atoms with Crippen molar-refractivity contribution >= 4 is 35.0 Å². The first-order chi connectivity index (χ1) is 20.0. The van der Waals surface area contributed by atoms with E-state index in [4.69, 9.17) is 9.47 Å². The summed E-state index contributed by atoms with van der Waals surface area (Å²) in [6.45, 7) is 7.10. The summed E-state index contributed by atoms with van der Waals surface area (Å²) < 4.78 is 10.7. The van der Waals surface area contributed by atoms with Crippen LogP contribution in [0.4, 0.5) is 11.4 Å². The summed E-state index contributed by atoms with van der Waals surface area (Å²) in [6.07, 6.45) is 0.240. The normalized spacial score (nSPS) is 19.6. The number of benzene rings is 2. The maximum Gasteiger partial charge on any atom is 0.257 e. The van der Waals surface area contributed by atoms with Crippen molar-refractivity contribution in [1.29, 1.82) is 0 Å². The van der Waals surface area contributed by atoms with Crippen molar-refractivity contribution in [3.05, 3.63) is 69.8 Å². The van der Waals surface area contributed by atoms with Gasteiger partial charge < -0.3 is 9.47 Å². The Morgan fingerprint density at radius 3 is 1.38 bits per heavy atom. The molecule has 2 atom stereocenters. The Kier molecular flexibility index (Phi) is 9.04. The SMILES string of the molecule is COc1cc(C)ccc1N=NC1C(=O)NC(=O)C(CCC2=C(C)C(N=Nc3ccc(C)cc3OC)C(=O)NC2=O)=C1C. The number of rotatable bonds is 9. The van der Waals surface area contributed by atoms with E-state index in [1.54, 1.807) is 38.1 Å². The molecule has 0 aliphatic carbocycles. The number of carbonyl (C=O) groups is 4. The molecule has 2 aromatic rings. The van der Waals surface area contributed by atoms with Crippen LogP contribution in [0.25, 0.3) is 0 Å². The number of methoxy groups -OCH3 is 2. The molecule has 0 saturated heterocycles. The van der Waals surface area contributed by atoms with E-state index in [1.807, 2.05) is 26.0 Å². The van der Waals surface area contributed by atoms with Gasteiger partial charge >= 0.3 is 0 Å². The minimum absolute atomic E-state index is 0.120. The van der Waals surface area contributed by atoms with Gasteiger partial charge in [0.25, 0.3) is 23.6 Å². The van der Waals surface area contributed by atoms with Gasteiger partial charge in [0.2, 0.25) is 0 Å². The van der Waals surface area contributed by atoms with Crippen molar-refractivity contribution in [2.45, 2.75) is 52.6 Å². The van der Waals surface area contributed by atoms with E-state index in [1.165, 1.54) is 14.2 Å². The molecule has 12 heteroatoms. The molecule has 2 aliphatic rings. The number of nitrogens with zero attached hydrogens (tertiary/aromatic N) is 4. The first-order valence-corrected chi connectivity index (χ1v) is 13.2. The van der Waals surface area contributed by atoms with Gasteiger partial charge in [-0.2, -0.15) is 20.5 Å². The van der Waals surface area contributed by atoms with Gasteiger partial charge in [0.1, 0.15) is 22.9 Å². The van der Waals surface area contributed by atoms with Crippen LogP contribution in [0.1, 0.15) is 37.8 Å². The van der Waals surface area contributed by atoms with E-state index in [0.717, 1.165) is 11.1 Å². The first kappa shape index (κ1) is 30.0. The van der Waals surface area contributed by atoms with E-state index in [9.17, 15) is 19.2 Å². The van der Waals surface area contributed by atoms with Crippen LogP contribution in [-0.2, 0) is 19.2 Å². The van der Waals surface area contributed by atoms with Crippen molar-refractivity contribution < 1.29 is 28.7 Å². The predicted molar refractivity (Wildman–Crippen MR) is 153 cm³/mol. The second-order valence-corrected chi connectivity index (χ2v) is 10.0. The second-order valence-electron chi connectivity index (χ2n) is 10.0. The summed E-state index contributed by atoms with van der Waals surface area (Å²) >= 11 is 0. The Labute approximate surface area is 243 Å². The highest BCUT2D eigenvalue weighted by atomic mass is 16.5. The molecule has 2 unspecified atom stereocenters. The molecule has 0 radical (unpaired) electrons. The zero-order valence-corrected chi connectivity index (χ0v) is 24.3. The van der Waals surface area contributed by atoms with Gasteiger partial charge in [0.05, 0.1) is 14.2 Å². The van der Waals surface area contributed by atoms with E-state index in [2.05, 4.69) is 31.1 Å². The van der Waals surface area contributed by atoms with E-state index < -0.39 is 35.7 Å². The third-order valence-electron chi connectivity index (χ3n) is 7.15. The lowest BCUT2D eigenvalue weighted by molar-refractivity contribution is -0.131. The molecule has 218 valence electrons. The summed E-state index contributed by atoms with van der Waals surface area (Å²) in [4.78, 5) is 50.8. The lowest BCUT2D eigenvalue weighted by Gasteiger charge is -2.25. The number of hydrogen-bond donors (Lipinski definition) is 2. The summed E-state index contributed by atoms with van der Waals surface area (Å²) in [5, 5.41) is 21.5. The maximum atomic E-state index is 12.8. The van der Waals surface area contributed by atoms with E-state index in [-0.39, 0.29) is 12.8 Å².